The summed E-state index contributed by atoms with van der Waals surface area (Å²) >= 11 is 0. The van der Waals surface area contributed by atoms with Gasteiger partial charge in [-0.1, -0.05) is 0 Å². The van der Waals surface area contributed by atoms with Crippen LogP contribution in [-0.4, -0.2) is 19.9 Å². The molecule has 2 N–H and O–H groups in total. The van der Waals surface area contributed by atoms with Crippen molar-refractivity contribution in [1.82, 2.24) is 0 Å². The number of hydrogen-bond donors (Lipinski definition) is 1. The Kier molecular flexibility index (Phi) is 2.35. The van der Waals surface area contributed by atoms with Crippen LogP contribution in [0, 0.1) is 0 Å². The van der Waals surface area contributed by atoms with Crippen molar-refractivity contribution >= 4 is 0 Å². The Labute approximate surface area is 90.3 Å². The van der Waals surface area contributed by atoms with Gasteiger partial charge in [-0.05, 0) is 31.0 Å². The van der Waals surface area contributed by atoms with Crippen LogP contribution in [-0.2, 0) is 6.42 Å². The maximum atomic E-state index is 7.66. The predicted octanol–water partition coefficient (Wildman–Crippen LogP) is 1.31. The molecule has 1 aromatic rings. The zero-order chi connectivity index (χ0) is 11.8. The average molecular weight is 210 g/mol. The second-order valence-electron chi connectivity index (χ2n) is 3.55. The quantitative estimate of drug-likeness (QED) is 0.817. The maximum Gasteiger partial charge on any atom is 0.231 e. The Morgan fingerprint density at radius 3 is 3.07 bits per heavy atom. The van der Waals surface area contributed by atoms with E-state index in [0.29, 0.717) is 23.7 Å². The van der Waals surface area contributed by atoms with Crippen LogP contribution in [0.3, 0.4) is 0 Å². The van der Waals surface area contributed by atoms with Crippen molar-refractivity contribution in [1.29, 1.82) is 0 Å². The van der Waals surface area contributed by atoms with Gasteiger partial charge in [-0.3, -0.25) is 0 Å². The molecule has 0 aromatic heterocycles. The number of ether oxygens (including phenoxy) is 3. The average Bonchev–Trinajstić information content (AvgIpc) is 2.61. The number of rotatable bonds is 3. The molecule has 0 bridgehead atoms. The Balaban J connectivity index is 2.35. The van der Waals surface area contributed by atoms with Crippen molar-refractivity contribution in [3.05, 3.63) is 17.7 Å². The number of benzene rings is 1. The zero-order valence-corrected chi connectivity index (χ0v) is 8.87. The summed E-state index contributed by atoms with van der Waals surface area (Å²) in [5.74, 6) is 1.89. The van der Waals surface area contributed by atoms with Crippen LogP contribution in [0.5, 0.6) is 17.2 Å². The summed E-state index contributed by atoms with van der Waals surface area (Å²) in [6.07, 6.45) is 0.431. The van der Waals surface area contributed by atoms with Crippen LogP contribution >= 0.6 is 0 Å². The summed E-state index contributed by atoms with van der Waals surface area (Å²) in [6, 6.07) is 2.66. The first kappa shape index (κ1) is 8.85. The molecular weight excluding hydrogens is 194 g/mol. The van der Waals surface area contributed by atoms with Gasteiger partial charge < -0.3 is 19.9 Å². The van der Waals surface area contributed by atoms with Crippen LogP contribution in [0.1, 0.15) is 13.9 Å². The highest BCUT2D eigenvalue weighted by Gasteiger charge is 2.20. The molecule has 0 saturated heterocycles. The molecule has 1 atom stereocenters. The predicted molar refractivity (Wildman–Crippen MR) is 56.5 cm³/mol. The fraction of sp³-hybridized carbons (Fsp3) is 0.455. The first-order valence-corrected chi connectivity index (χ1v) is 4.75. The molecule has 0 spiro atoms. The third-order valence-electron chi connectivity index (χ3n) is 2.20. The van der Waals surface area contributed by atoms with Gasteiger partial charge in [0, 0.05) is 7.39 Å². The molecule has 1 heterocycles. The molecule has 1 aromatic carbocycles. The topological polar surface area (TPSA) is 53.7 Å². The van der Waals surface area contributed by atoms with Gasteiger partial charge in [-0.2, -0.15) is 0 Å². The summed E-state index contributed by atoms with van der Waals surface area (Å²) in [5.41, 5.74) is 6.56. The summed E-state index contributed by atoms with van der Waals surface area (Å²) < 4.78 is 23.4. The molecule has 1 aliphatic rings. The van der Waals surface area contributed by atoms with E-state index in [1.54, 1.807) is 14.0 Å². The number of hydrogen-bond acceptors (Lipinski definition) is 4. The van der Waals surface area contributed by atoms with E-state index in [-0.39, 0.29) is 6.79 Å². The summed E-state index contributed by atoms with van der Waals surface area (Å²) in [7, 11) is 1.57. The number of nitrogens with two attached hydrogens (primary N) is 1. The van der Waals surface area contributed by atoms with E-state index < -0.39 is 6.02 Å². The first-order chi connectivity index (χ1) is 7.49. The van der Waals surface area contributed by atoms with E-state index in [9.17, 15) is 0 Å². The molecule has 82 valence electrons. The minimum atomic E-state index is -1.00. The van der Waals surface area contributed by atoms with Gasteiger partial charge in [0.1, 0.15) is 0 Å². The number of fused-ring (bicyclic) bond motifs is 1. The molecular formula is C11H15NO3. The molecule has 4 heteroatoms. The van der Waals surface area contributed by atoms with Gasteiger partial charge in [0.15, 0.2) is 11.5 Å². The third-order valence-corrected chi connectivity index (χ3v) is 2.20. The summed E-state index contributed by atoms with van der Waals surface area (Å²) in [4.78, 5) is 0. The van der Waals surface area contributed by atoms with Crippen LogP contribution in [0.15, 0.2) is 12.1 Å². The molecule has 2 rings (SSSR count). The van der Waals surface area contributed by atoms with Crippen molar-refractivity contribution in [2.75, 3.05) is 13.9 Å². The van der Waals surface area contributed by atoms with Crippen LogP contribution < -0.4 is 19.9 Å². The molecule has 0 saturated carbocycles. The minimum Gasteiger partial charge on any atom is -0.493 e. The Morgan fingerprint density at radius 1 is 1.60 bits per heavy atom. The van der Waals surface area contributed by atoms with E-state index in [0.717, 1.165) is 5.56 Å². The van der Waals surface area contributed by atoms with Crippen LogP contribution in [0.4, 0.5) is 0 Å². The lowest BCUT2D eigenvalue weighted by molar-refractivity contribution is 0.171. The van der Waals surface area contributed by atoms with Gasteiger partial charge >= 0.3 is 0 Å². The molecule has 1 unspecified atom stereocenters. The molecule has 1 aliphatic heterocycles. The van der Waals surface area contributed by atoms with Crippen molar-refractivity contribution < 1.29 is 15.6 Å². The summed E-state index contributed by atoms with van der Waals surface area (Å²) in [6.45, 7) is 1.86. The molecule has 0 aliphatic carbocycles. The Hall–Kier alpha value is -1.42. The normalized spacial score (nSPS) is 18.2. The standard InChI is InChI=1S/C11H15NO3/c1-7(12)3-8-4-9(13-2)11-10(5-8)14-6-15-11/h4-5,7H,3,6,12H2,1-2H3/i7D. The highest BCUT2D eigenvalue weighted by molar-refractivity contribution is 5.55. The molecule has 0 fully saturated rings. The lowest BCUT2D eigenvalue weighted by atomic mass is 10.1. The van der Waals surface area contributed by atoms with Gasteiger partial charge in [0.2, 0.25) is 12.5 Å². The molecule has 15 heavy (non-hydrogen) atoms. The highest BCUT2D eigenvalue weighted by Crippen LogP contribution is 2.41. The largest absolute Gasteiger partial charge is 0.493 e. The van der Waals surface area contributed by atoms with Crippen molar-refractivity contribution in [2.24, 2.45) is 5.73 Å². The Bertz CT molecular complexity index is 401. The maximum absolute atomic E-state index is 7.66. The van der Waals surface area contributed by atoms with E-state index in [1.807, 2.05) is 12.1 Å². The van der Waals surface area contributed by atoms with E-state index in [4.69, 9.17) is 21.3 Å². The lowest BCUT2D eigenvalue weighted by Crippen LogP contribution is -2.17. The van der Waals surface area contributed by atoms with Crippen LogP contribution in [0.25, 0.3) is 0 Å². The smallest absolute Gasteiger partial charge is 0.231 e. The minimum absolute atomic E-state index is 0.204. The molecule has 0 amide bonds. The van der Waals surface area contributed by atoms with E-state index >= 15 is 0 Å². The fourth-order valence-corrected chi connectivity index (χ4v) is 1.61. The molecule has 4 nitrogen and oxygen atoms in total. The summed E-state index contributed by atoms with van der Waals surface area (Å²) in [5, 5.41) is 0. The highest BCUT2D eigenvalue weighted by atomic mass is 16.7. The van der Waals surface area contributed by atoms with Crippen molar-refractivity contribution in [3.8, 4) is 17.2 Å². The van der Waals surface area contributed by atoms with Crippen LogP contribution in [0.2, 0.25) is 0 Å². The lowest BCUT2D eigenvalue weighted by Gasteiger charge is -2.09. The van der Waals surface area contributed by atoms with Gasteiger partial charge in [0.05, 0.1) is 7.11 Å². The van der Waals surface area contributed by atoms with Gasteiger partial charge in [-0.15, -0.1) is 0 Å². The van der Waals surface area contributed by atoms with E-state index in [1.165, 1.54) is 0 Å². The van der Waals surface area contributed by atoms with Crippen molar-refractivity contribution in [2.45, 2.75) is 19.4 Å². The zero-order valence-electron chi connectivity index (χ0n) is 9.87. The second-order valence-corrected chi connectivity index (χ2v) is 3.55. The first-order valence-electron chi connectivity index (χ1n) is 5.25. The van der Waals surface area contributed by atoms with Crippen molar-refractivity contribution in [3.63, 3.8) is 0 Å². The second kappa shape index (κ2) is 3.98. The number of methoxy groups -OCH3 is 1. The third kappa shape index (κ3) is 1.99. The molecule has 0 radical (unpaired) electrons. The SMILES string of the molecule is [2H]C(C)(N)Cc1cc(OC)c2c(c1)OCO2. The monoisotopic (exact) mass is 210 g/mol. The van der Waals surface area contributed by atoms with Gasteiger partial charge in [0.25, 0.3) is 0 Å². The van der Waals surface area contributed by atoms with E-state index in [2.05, 4.69) is 0 Å². The fourth-order valence-electron chi connectivity index (χ4n) is 1.61. The van der Waals surface area contributed by atoms with Gasteiger partial charge in [-0.25, -0.2) is 0 Å². The Morgan fingerprint density at radius 2 is 2.40 bits per heavy atom.